The monoisotopic (exact) mass is 276 g/mol. The van der Waals surface area contributed by atoms with Crippen LogP contribution in [0.15, 0.2) is 0 Å². The molecular weight excluding hydrogens is 256 g/mol. The fourth-order valence-electron chi connectivity index (χ4n) is 0.675. The van der Waals surface area contributed by atoms with Crippen molar-refractivity contribution in [1.82, 2.24) is 0 Å². The molecule has 0 rings (SSSR count). The van der Waals surface area contributed by atoms with E-state index in [1.165, 1.54) is 0 Å². The minimum atomic E-state index is -1.52. The van der Waals surface area contributed by atoms with Gasteiger partial charge in [0.05, 0.1) is 0 Å². The second-order valence-electron chi connectivity index (χ2n) is 5.88. The molecule has 0 aromatic carbocycles. The van der Waals surface area contributed by atoms with Gasteiger partial charge in [-0.3, -0.25) is 0 Å². The van der Waals surface area contributed by atoms with Crippen molar-refractivity contribution in [2.75, 3.05) is 6.61 Å². The summed E-state index contributed by atoms with van der Waals surface area (Å²) in [6, 6.07) is 0. The van der Waals surface area contributed by atoms with Crippen LogP contribution in [0.3, 0.4) is 0 Å². The van der Waals surface area contributed by atoms with Crippen LogP contribution in [0.4, 0.5) is 0 Å². The third-order valence-corrected chi connectivity index (χ3v) is 3.15. The highest BCUT2D eigenvalue weighted by Crippen LogP contribution is 1.96. The summed E-state index contributed by atoms with van der Waals surface area (Å²) >= 11 is 0. The van der Waals surface area contributed by atoms with Gasteiger partial charge in [0.15, 0.2) is 6.61 Å². The summed E-state index contributed by atoms with van der Waals surface area (Å²) in [5.41, 5.74) is 6.04. The fraction of sp³-hybridized carbons (Fsp3) is 0.500. The van der Waals surface area contributed by atoms with Gasteiger partial charge in [0.1, 0.15) is 16.1 Å². The van der Waals surface area contributed by atoms with Gasteiger partial charge in [-0.15, -0.1) is 11.1 Å². The van der Waals surface area contributed by atoms with Crippen LogP contribution >= 0.6 is 0 Å². The molecular formula is C14H20O2Si2. The predicted octanol–water partition coefficient (Wildman–Crippen LogP) is 2.29. The minimum Gasteiger partial charge on any atom is -0.443 e. The second kappa shape index (κ2) is 7.11. The summed E-state index contributed by atoms with van der Waals surface area (Å²) < 4.78 is 4.85. The predicted molar refractivity (Wildman–Crippen MR) is 81.0 cm³/mol. The van der Waals surface area contributed by atoms with E-state index in [0.717, 1.165) is 0 Å². The number of rotatable bonds is 1. The largest absolute Gasteiger partial charge is 0.443 e. The molecule has 0 radical (unpaired) electrons. The molecule has 0 heterocycles. The molecule has 0 aliphatic carbocycles. The zero-order chi connectivity index (χ0) is 14.2. The first-order valence-corrected chi connectivity index (χ1v) is 12.8. The lowest BCUT2D eigenvalue weighted by Crippen LogP contribution is -2.17. The maximum absolute atomic E-state index is 11.2. The van der Waals surface area contributed by atoms with Crippen molar-refractivity contribution in [2.45, 2.75) is 39.3 Å². The van der Waals surface area contributed by atoms with Crippen molar-refractivity contribution >= 4 is 22.1 Å². The van der Waals surface area contributed by atoms with Gasteiger partial charge in [-0.2, -0.15) is 0 Å². The topological polar surface area (TPSA) is 26.3 Å². The van der Waals surface area contributed by atoms with Crippen molar-refractivity contribution in [3.8, 4) is 34.8 Å². The van der Waals surface area contributed by atoms with Crippen LogP contribution in [0, 0.1) is 34.8 Å². The number of hydrogen-bond acceptors (Lipinski definition) is 2. The van der Waals surface area contributed by atoms with Crippen LogP contribution in [0.2, 0.25) is 39.3 Å². The molecule has 0 aromatic rings. The van der Waals surface area contributed by atoms with Gasteiger partial charge in [0.2, 0.25) is 0 Å². The van der Waals surface area contributed by atoms with Gasteiger partial charge >= 0.3 is 5.97 Å². The van der Waals surface area contributed by atoms with Crippen molar-refractivity contribution in [1.29, 1.82) is 0 Å². The quantitative estimate of drug-likeness (QED) is 0.417. The van der Waals surface area contributed by atoms with Gasteiger partial charge in [-0.1, -0.05) is 39.3 Å². The van der Waals surface area contributed by atoms with E-state index < -0.39 is 22.1 Å². The fourth-order valence-corrected chi connectivity index (χ4v) is 1.59. The summed E-state index contributed by atoms with van der Waals surface area (Å²) in [4.78, 5) is 11.2. The highest BCUT2D eigenvalue weighted by atomic mass is 28.3. The third kappa shape index (κ3) is 12.7. The summed E-state index contributed by atoms with van der Waals surface area (Å²) in [6.07, 6.45) is 0. The number of ether oxygens (including phenoxy) is 1. The van der Waals surface area contributed by atoms with Crippen LogP contribution in [0.5, 0.6) is 0 Å². The van der Waals surface area contributed by atoms with Crippen LogP contribution in [0.25, 0.3) is 0 Å². The molecule has 0 aromatic heterocycles. The highest BCUT2D eigenvalue weighted by molar-refractivity contribution is 6.84. The number of esters is 1. The molecule has 0 saturated carbocycles. The van der Waals surface area contributed by atoms with Crippen LogP contribution < -0.4 is 0 Å². The van der Waals surface area contributed by atoms with Crippen LogP contribution in [-0.4, -0.2) is 28.7 Å². The molecule has 0 bridgehead atoms. The Morgan fingerprint density at radius 3 is 2.00 bits per heavy atom. The summed E-state index contributed by atoms with van der Waals surface area (Å²) in [7, 11) is -2.88. The Kier molecular flexibility index (Phi) is 6.55. The molecule has 0 aliphatic heterocycles. The third-order valence-electron chi connectivity index (χ3n) is 1.40. The Morgan fingerprint density at radius 1 is 0.944 bits per heavy atom. The lowest BCUT2D eigenvalue weighted by Gasteiger charge is -2.02. The van der Waals surface area contributed by atoms with E-state index in [-0.39, 0.29) is 6.61 Å². The lowest BCUT2D eigenvalue weighted by atomic mass is 10.6. The molecule has 0 aliphatic rings. The van der Waals surface area contributed by atoms with E-state index in [1.54, 1.807) is 0 Å². The average Bonchev–Trinajstić information content (AvgIpc) is 2.17. The van der Waals surface area contributed by atoms with Gasteiger partial charge < -0.3 is 4.74 Å². The lowest BCUT2D eigenvalue weighted by molar-refractivity contribution is -0.135. The molecule has 0 atom stereocenters. The molecule has 18 heavy (non-hydrogen) atoms. The van der Waals surface area contributed by atoms with Gasteiger partial charge in [-0.25, -0.2) is 4.79 Å². The summed E-state index contributed by atoms with van der Waals surface area (Å²) in [5, 5.41) is 0. The van der Waals surface area contributed by atoms with Gasteiger partial charge in [0.25, 0.3) is 0 Å². The van der Waals surface area contributed by atoms with Crippen LogP contribution in [-0.2, 0) is 9.53 Å². The minimum absolute atomic E-state index is 0.0551. The van der Waals surface area contributed by atoms with Crippen LogP contribution in [0.1, 0.15) is 0 Å². The van der Waals surface area contributed by atoms with Gasteiger partial charge in [0, 0.05) is 5.92 Å². The molecule has 4 heteroatoms. The highest BCUT2D eigenvalue weighted by Gasteiger charge is 2.08. The van der Waals surface area contributed by atoms with Crippen molar-refractivity contribution in [3.63, 3.8) is 0 Å². The van der Waals surface area contributed by atoms with E-state index in [1.807, 2.05) is 0 Å². The molecule has 96 valence electrons. The standard InChI is InChI=1S/C14H20O2Si2/c1-17(2,3)12-9-7-8-11-16-14(15)10-13-18(4,5)6/h11H2,1-6H3. The molecule has 0 unspecified atom stereocenters. The first-order valence-electron chi connectivity index (χ1n) is 5.80. The van der Waals surface area contributed by atoms with Gasteiger partial charge in [-0.05, 0) is 17.8 Å². The Balaban J connectivity index is 4.13. The number of carbonyl (C=O) groups excluding carboxylic acids is 1. The molecule has 0 fully saturated rings. The Bertz CT molecular complexity index is 474. The first kappa shape index (κ1) is 16.6. The zero-order valence-electron chi connectivity index (χ0n) is 12.0. The average molecular weight is 276 g/mol. The van der Waals surface area contributed by atoms with E-state index in [4.69, 9.17) is 4.74 Å². The maximum Gasteiger partial charge on any atom is 0.384 e. The molecule has 0 amide bonds. The SMILES string of the molecule is C[Si](C)(C)C#CC#CCOC(=O)C#C[Si](C)(C)C. The molecule has 0 spiro atoms. The Hall–Kier alpha value is -1.42. The van der Waals surface area contributed by atoms with Crippen molar-refractivity contribution in [2.24, 2.45) is 0 Å². The zero-order valence-corrected chi connectivity index (χ0v) is 14.0. The molecule has 0 N–H and O–H groups in total. The first-order chi connectivity index (χ1) is 8.10. The number of carbonyl (C=O) groups is 1. The summed E-state index contributed by atoms with van der Waals surface area (Å²) in [5.74, 6) is 10.1. The van der Waals surface area contributed by atoms with Crippen molar-refractivity contribution in [3.05, 3.63) is 0 Å². The molecule has 2 nitrogen and oxygen atoms in total. The maximum atomic E-state index is 11.2. The number of hydrogen-bond donors (Lipinski definition) is 0. The molecule has 0 saturated heterocycles. The summed E-state index contributed by atoms with van der Waals surface area (Å²) in [6.45, 7) is 12.7. The van der Waals surface area contributed by atoms with E-state index in [2.05, 4.69) is 74.1 Å². The smallest absolute Gasteiger partial charge is 0.384 e. The normalized spacial score (nSPS) is 9.89. The van der Waals surface area contributed by atoms with E-state index >= 15 is 0 Å². The van der Waals surface area contributed by atoms with E-state index in [0.29, 0.717) is 0 Å². The Morgan fingerprint density at radius 2 is 1.50 bits per heavy atom. The second-order valence-corrected chi connectivity index (χ2v) is 15.4. The van der Waals surface area contributed by atoms with Crippen molar-refractivity contribution < 1.29 is 9.53 Å². The van der Waals surface area contributed by atoms with E-state index in [9.17, 15) is 4.79 Å². The Labute approximate surface area is 113 Å².